The molecule has 0 saturated carbocycles. The van der Waals surface area contributed by atoms with Crippen LogP contribution in [0, 0.1) is 0 Å². The van der Waals surface area contributed by atoms with Crippen molar-refractivity contribution in [3.63, 3.8) is 0 Å². The van der Waals surface area contributed by atoms with E-state index in [2.05, 4.69) is 21.2 Å². The van der Waals surface area contributed by atoms with E-state index in [1.54, 1.807) is 13.2 Å². The van der Waals surface area contributed by atoms with E-state index in [-0.39, 0.29) is 5.91 Å². The second-order valence-corrected chi connectivity index (χ2v) is 5.37. The zero-order valence-corrected chi connectivity index (χ0v) is 13.3. The predicted molar refractivity (Wildman–Crippen MR) is 88.0 cm³/mol. The highest BCUT2D eigenvalue weighted by atomic mass is 79.9. The second-order valence-electron chi connectivity index (χ2n) is 4.45. The van der Waals surface area contributed by atoms with E-state index in [0.717, 1.165) is 21.3 Å². The van der Waals surface area contributed by atoms with Gasteiger partial charge in [0.25, 0.3) is 0 Å². The zero-order chi connectivity index (χ0) is 15.1. The smallest absolute Gasteiger partial charge is 0.244 e. The Kier molecular flexibility index (Phi) is 5.58. The number of carbonyl (C=O) groups excluding carboxylic acids is 1. The average molecular weight is 346 g/mol. The first kappa shape index (κ1) is 15.3. The van der Waals surface area contributed by atoms with Crippen LogP contribution in [0.25, 0.3) is 6.08 Å². The molecular formula is C17H16BrNO2. The van der Waals surface area contributed by atoms with Crippen molar-refractivity contribution in [3.8, 4) is 5.75 Å². The van der Waals surface area contributed by atoms with Gasteiger partial charge in [0.1, 0.15) is 5.75 Å². The van der Waals surface area contributed by atoms with E-state index >= 15 is 0 Å². The predicted octanol–water partition coefficient (Wildman–Crippen LogP) is 3.79. The van der Waals surface area contributed by atoms with Crippen LogP contribution in [-0.4, -0.2) is 13.0 Å². The zero-order valence-electron chi connectivity index (χ0n) is 11.7. The molecule has 1 N–H and O–H groups in total. The van der Waals surface area contributed by atoms with E-state index < -0.39 is 0 Å². The number of hydrogen-bond donors (Lipinski definition) is 1. The molecule has 0 fully saturated rings. The van der Waals surface area contributed by atoms with Crippen LogP contribution in [0.5, 0.6) is 5.75 Å². The van der Waals surface area contributed by atoms with Gasteiger partial charge in [0.05, 0.1) is 7.11 Å². The third-order valence-corrected chi connectivity index (χ3v) is 3.39. The van der Waals surface area contributed by atoms with Gasteiger partial charge in [0.2, 0.25) is 5.91 Å². The third kappa shape index (κ3) is 5.08. The van der Waals surface area contributed by atoms with Crippen molar-refractivity contribution in [1.82, 2.24) is 5.32 Å². The lowest BCUT2D eigenvalue weighted by atomic mass is 10.2. The van der Waals surface area contributed by atoms with Gasteiger partial charge in [0.15, 0.2) is 0 Å². The molecular weight excluding hydrogens is 330 g/mol. The highest BCUT2D eigenvalue weighted by molar-refractivity contribution is 9.10. The van der Waals surface area contributed by atoms with Crippen molar-refractivity contribution in [3.05, 3.63) is 70.2 Å². The van der Waals surface area contributed by atoms with Crippen LogP contribution in [0.4, 0.5) is 0 Å². The maximum absolute atomic E-state index is 11.8. The molecule has 2 aromatic carbocycles. The number of rotatable bonds is 5. The lowest BCUT2D eigenvalue weighted by Crippen LogP contribution is -2.20. The Morgan fingerprint density at radius 2 is 2.00 bits per heavy atom. The quantitative estimate of drug-likeness (QED) is 0.837. The molecule has 0 heterocycles. The Morgan fingerprint density at radius 1 is 1.24 bits per heavy atom. The maximum atomic E-state index is 11.8. The largest absolute Gasteiger partial charge is 0.497 e. The summed E-state index contributed by atoms with van der Waals surface area (Å²) in [5.41, 5.74) is 2.00. The molecule has 2 aromatic rings. The van der Waals surface area contributed by atoms with Crippen LogP contribution < -0.4 is 10.1 Å². The summed E-state index contributed by atoms with van der Waals surface area (Å²) in [6.45, 7) is 0.505. The minimum Gasteiger partial charge on any atom is -0.497 e. The highest BCUT2D eigenvalue weighted by Gasteiger charge is 1.98. The first-order chi connectivity index (χ1) is 10.2. The molecule has 108 valence electrons. The highest BCUT2D eigenvalue weighted by Crippen LogP contribution is 2.13. The summed E-state index contributed by atoms with van der Waals surface area (Å²) in [6.07, 6.45) is 3.30. The van der Waals surface area contributed by atoms with Crippen LogP contribution in [0.2, 0.25) is 0 Å². The van der Waals surface area contributed by atoms with Gasteiger partial charge < -0.3 is 10.1 Å². The molecule has 0 bridgehead atoms. The normalized spacial score (nSPS) is 10.6. The van der Waals surface area contributed by atoms with Crippen molar-refractivity contribution in [1.29, 1.82) is 0 Å². The van der Waals surface area contributed by atoms with Crippen LogP contribution in [0.3, 0.4) is 0 Å². The van der Waals surface area contributed by atoms with Crippen molar-refractivity contribution in [2.45, 2.75) is 6.54 Å². The van der Waals surface area contributed by atoms with Crippen molar-refractivity contribution >= 4 is 27.9 Å². The van der Waals surface area contributed by atoms with E-state index in [1.165, 1.54) is 6.08 Å². The van der Waals surface area contributed by atoms with Crippen molar-refractivity contribution in [2.24, 2.45) is 0 Å². The number of benzene rings is 2. The van der Waals surface area contributed by atoms with Gasteiger partial charge in [-0.3, -0.25) is 4.79 Å². The molecule has 0 unspecified atom stereocenters. The van der Waals surface area contributed by atoms with Crippen LogP contribution in [-0.2, 0) is 11.3 Å². The van der Waals surface area contributed by atoms with Crippen LogP contribution >= 0.6 is 15.9 Å². The second kappa shape index (κ2) is 7.64. The van der Waals surface area contributed by atoms with E-state index in [9.17, 15) is 4.79 Å². The summed E-state index contributed by atoms with van der Waals surface area (Å²) in [5.74, 6) is 0.678. The van der Waals surface area contributed by atoms with Gasteiger partial charge in [-0.1, -0.05) is 40.2 Å². The molecule has 0 atom stereocenters. The summed E-state index contributed by atoms with van der Waals surface area (Å²) < 4.78 is 6.09. The van der Waals surface area contributed by atoms with Crippen molar-refractivity contribution in [2.75, 3.05) is 7.11 Å². The number of methoxy groups -OCH3 is 1. The molecule has 21 heavy (non-hydrogen) atoms. The number of ether oxygens (including phenoxy) is 1. The Labute approximate surface area is 132 Å². The summed E-state index contributed by atoms with van der Waals surface area (Å²) in [7, 11) is 1.63. The summed E-state index contributed by atoms with van der Waals surface area (Å²) >= 11 is 3.41. The van der Waals surface area contributed by atoms with E-state index in [4.69, 9.17) is 4.74 Å². The molecule has 3 nitrogen and oxygen atoms in total. The number of amides is 1. The van der Waals surface area contributed by atoms with Gasteiger partial charge in [-0.05, 0) is 41.5 Å². The fourth-order valence-corrected chi connectivity index (χ4v) is 2.23. The maximum Gasteiger partial charge on any atom is 0.244 e. The summed E-state index contributed by atoms with van der Waals surface area (Å²) in [4.78, 5) is 11.8. The summed E-state index contributed by atoms with van der Waals surface area (Å²) in [6, 6.07) is 15.4. The number of carbonyl (C=O) groups is 1. The number of nitrogens with one attached hydrogen (secondary N) is 1. The van der Waals surface area contributed by atoms with Gasteiger partial charge in [-0.2, -0.15) is 0 Å². The van der Waals surface area contributed by atoms with E-state index in [1.807, 2.05) is 48.5 Å². The molecule has 2 rings (SSSR count). The monoisotopic (exact) mass is 345 g/mol. The SMILES string of the molecule is COc1ccc(/C=C/C(=O)NCc2cccc(Br)c2)cc1. The van der Waals surface area contributed by atoms with Gasteiger partial charge in [-0.25, -0.2) is 0 Å². The standard InChI is InChI=1S/C17H16BrNO2/c1-21-16-8-5-13(6-9-16)7-10-17(20)19-12-14-3-2-4-15(18)11-14/h2-11H,12H2,1H3,(H,19,20)/b10-7+. The van der Waals surface area contributed by atoms with Crippen LogP contribution in [0.15, 0.2) is 59.1 Å². The molecule has 0 radical (unpaired) electrons. The molecule has 0 saturated heterocycles. The molecule has 0 aliphatic heterocycles. The summed E-state index contributed by atoms with van der Waals surface area (Å²) in [5, 5.41) is 2.85. The Balaban J connectivity index is 1.87. The Bertz CT molecular complexity index is 635. The third-order valence-electron chi connectivity index (χ3n) is 2.90. The number of hydrogen-bond acceptors (Lipinski definition) is 2. The Hall–Kier alpha value is -2.07. The lowest BCUT2D eigenvalue weighted by Gasteiger charge is -2.03. The molecule has 1 amide bonds. The van der Waals surface area contributed by atoms with Gasteiger partial charge in [-0.15, -0.1) is 0 Å². The molecule has 4 heteroatoms. The molecule has 0 aliphatic rings. The lowest BCUT2D eigenvalue weighted by molar-refractivity contribution is -0.116. The average Bonchev–Trinajstić information content (AvgIpc) is 2.51. The molecule has 0 aliphatic carbocycles. The first-order valence-electron chi connectivity index (χ1n) is 6.52. The topological polar surface area (TPSA) is 38.3 Å². The molecule has 0 aromatic heterocycles. The molecule has 0 spiro atoms. The van der Waals surface area contributed by atoms with E-state index in [0.29, 0.717) is 6.54 Å². The minimum absolute atomic E-state index is 0.120. The fraction of sp³-hybridized carbons (Fsp3) is 0.118. The first-order valence-corrected chi connectivity index (χ1v) is 7.31. The van der Waals surface area contributed by atoms with Crippen LogP contribution in [0.1, 0.15) is 11.1 Å². The van der Waals surface area contributed by atoms with Crippen molar-refractivity contribution < 1.29 is 9.53 Å². The fourth-order valence-electron chi connectivity index (χ4n) is 1.78. The Morgan fingerprint density at radius 3 is 2.67 bits per heavy atom. The number of halogens is 1. The van der Waals surface area contributed by atoms with Gasteiger partial charge >= 0.3 is 0 Å². The minimum atomic E-state index is -0.120. The van der Waals surface area contributed by atoms with Gasteiger partial charge in [0, 0.05) is 17.1 Å².